The molecule has 2 amide bonds. The second kappa shape index (κ2) is 9.42. The molecule has 0 atom stereocenters. The number of ether oxygens (including phenoxy) is 1. The summed E-state index contributed by atoms with van der Waals surface area (Å²) in [7, 11) is 1.70. The molecule has 5 nitrogen and oxygen atoms in total. The summed E-state index contributed by atoms with van der Waals surface area (Å²) in [5.74, 6) is 0.905. The fourth-order valence-corrected chi connectivity index (χ4v) is 3.40. The van der Waals surface area contributed by atoms with Gasteiger partial charge in [-0.05, 0) is 36.6 Å². The zero-order chi connectivity index (χ0) is 19.1. The zero-order valence-corrected chi connectivity index (χ0v) is 16.3. The third-order valence-electron chi connectivity index (χ3n) is 5.04. The zero-order valence-electron chi connectivity index (χ0n) is 16.3. The number of amides is 2. The van der Waals surface area contributed by atoms with E-state index in [2.05, 4.69) is 41.4 Å². The first-order chi connectivity index (χ1) is 13.1. The van der Waals surface area contributed by atoms with E-state index in [1.165, 1.54) is 11.1 Å². The first kappa shape index (κ1) is 19.2. The number of benzene rings is 2. The molecule has 0 aliphatic carbocycles. The van der Waals surface area contributed by atoms with E-state index >= 15 is 0 Å². The Balaban J connectivity index is 1.39. The number of nitrogens with one attached hydrogen (secondary N) is 1. The molecule has 0 bridgehead atoms. The van der Waals surface area contributed by atoms with Crippen LogP contribution in [0.15, 0.2) is 48.5 Å². The van der Waals surface area contributed by atoms with Crippen LogP contribution in [0.25, 0.3) is 0 Å². The molecule has 0 spiro atoms. The van der Waals surface area contributed by atoms with Crippen molar-refractivity contribution in [3.8, 4) is 5.75 Å². The molecule has 3 rings (SSSR count). The van der Waals surface area contributed by atoms with Crippen LogP contribution in [0.5, 0.6) is 5.75 Å². The topological polar surface area (TPSA) is 44.8 Å². The van der Waals surface area contributed by atoms with Crippen molar-refractivity contribution in [2.75, 3.05) is 39.8 Å². The predicted octanol–water partition coefficient (Wildman–Crippen LogP) is 3.07. The number of urea groups is 1. The molecule has 2 aromatic rings. The minimum absolute atomic E-state index is 0.0314. The van der Waals surface area contributed by atoms with Gasteiger partial charge in [0.2, 0.25) is 0 Å². The van der Waals surface area contributed by atoms with Crippen LogP contribution in [0.2, 0.25) is 0 Å². The van der Waals surface area contributed by atoms with Crippen LogP contribution >= 0.6 is 0 Å². The average Bonchev–Trinajstić information content (AvgIpc) is 2.71. The van der Waals surface area contributed by atoms with Gasteiger partial charge in [-0.2, -0.15) is 0 Å². The van der Waals surface area contributed by atoms with E-state index in [4.69, 9.17) is 4.74 Å². The Labute approximate surface area is 161 Å². The fraction of sp³-hybridized carbons (Fsp3) is 0.409. The molecule has 1 fully saturated rings. The number of methoxy groups -OCH3 is 1. The second-order valence-electron chi connectivity index (χ2n) is 7.08. The van der Waals surface area contributed by atoms with Gasteiger partial charge in [0.15, 0.2) is 0 Å². The highest BCUT2D eigenvalue weighted by atomic mass is 16.5. The molecule has 1 N–H and O–H groups in total. The quantitative estimate of drug-likeness (QED) is 0.853. The maximum Gasteiger partial charge on any atom is 0.317 e. The van der Waals surface area contributed by atoms with Gasteiger partial charge in [0.05, 0.1) is 7.11 Å². The van der Waals surface area contributed by atoms with Crippen molar-refractivity contribution < 1.29 is 9.53 Å². The summed E-state index contributed by atoms with van der Waals surface area (Å²) in [5, 5.41) is 3.04. The number of aryl methyl sites for hydroxylation is 1. The fourth-order valence-electron chi connectivity index (χ4n) is 3.40. The van der Waals surface area contributed by atoms with Crippen molar-refractivity contribution in [2.45, 2.75) is 19.9 Å². The lowest BCUT2D eigenvalue weighted by Crippen LogP contribution is -2.51. The van der Waals surface area contributed by atoms with E-state index in [1.807, 2.05) is 29.2 Å². The van der Waals surface area contributed by atoms with Crippen LogP contribution in [0.3, 0.4) is 0 Å². The Morgan fingerprint density at radius 2 is 1.78 bits per heavy atom. The van der Waals surface area contributed by atoms with Gasteiger partial charge in [-0.3, -0.25) is 4.90 Å². The molecule has 1 heterocycles. The summed E-state index contributed by atoms with van der Waals surface area (Å²) in [4.78, 5) is 16.7. The third-order valence-corrected chi connectivity index (χ3v) is 5.04. The summed E-state index contributed by atoms with van der Waals surface area (Å²) in [6, 6.07) is 16.5. The van der Waals surface area contributed by atoms with Gasteiger partial charge in [-0.25, -0.2) is 4.79 Å². The van der Waals surface area contributed by atoms with Crippen LogP contribution in [-0.2, 0) is 13.0 Å². The summed E-state index contributed by atoms with van der Waals surface area (Å²) in [6.45, 7) is 7.04. The van der Waals surface area contributed by atoms with Gasteiger partial charge < -0.3 is 15.0 Å². The van der Waals surface area contributed by atoms with Gasteiger partial charge in [-0.15, -0.1) is 0 Å². The average molecular weight is 367 g/mol. The highest BCUT2D eigenvalue weighted by Crippen LogP contribution is 2.14. The molecule has 144 valence electrons. The molecule has 2 aromatic carbocycles. The monoisotopic (exact) mass is 367 g/mol. The summed E-state index contributed by atoms with van der Waals surface area (Å²) < 4.78 is 5.28. The Hall–Kier alpha value is -2.53. The van der Waals surface area contributed by atoms with Gasteiger partial charge in [0.1, 0.15) is 5.75 Å². The Morgan fingerprint density at radius 3 is 2.52 bits per heavy atom. The molecule has 0 aromatic heterocycles. The number of nitrogens with zero attached hydrogens (tertiary/aromatic N) is 2. The van der Waals surface area contributed by atoms with Crippen LogP contribution in [0.1, 0.15) is 16.7 Å². The van der Waals surface area contributed by atoms with E-state index < -0.39 is 0 Å². The van der Waals surface area contributed by atoms with E-state index in [9.17, 15) is 4.79 Å². The maximum absolute atomic E-state index is 12.4. The van der Waals surface area contributed by atoms with Gasteiger partial charge in [0, 0.05) is 39.3 Å². The summed E-state index contributed by atoms with van der Waals surface area (Å²) in [6.07, 6.45) is 0.997. The van der Waals surface area contributed by atoms with Crippen LogP contribution < -0.4 is 10.1 Å². The van der Waals surface area contributed by atoms with Gasteiger partial charge in [-0.1, -0.05) is 42.0 Å². The largest absolute Gasteiger partial charge is 0.497 e. The van der Waals surface area contributed by atoms with Gasteiger partial charge in [0.25, 0.3) is 0 Å². The Morgan fingerprint density at radius 1 is 1.04 bits per heavy atom. The van der Waals surface area contributed by atoms with Crippen molar-refractivity contribution in [3.05, 3.63) is 65.2 Å². The molecular formula is C22H29N3O2. The minimum Gasteiger partial charge on any atom is -0.497 e. The summed E-state index contributed by atoms with van der Waals surface area (Å²) in [5.41, 5.74) is 3.64. The lowest BCUT2D eigenvalue weighted by atomic mass is 10.1. The summed E-state index contributed by atoms with van der Waals surface area (Å²) >= 11 is 0. The lowest BCUT2D eigenvalue weighted by Gasteiger charge is -2.34. The van der Waals surface area contributed by atoms with Crippen molar-refractivity contribution in [3.63, 3.8) is 0 Å². The molecule has 0 radical (unpaired) electrons. The maximum atomic E-state index is 12.4. The normalized spacial score (nSPS) is 14.8. The van der Waals surface area contributed by atoms with E-state index in [1.54, 1.807) is 7.11 Å². The molecule has 27 heavy (non-hydrogen) atoms. The number of carbonyl (C=O) groups is 1. The number of hydrogen-bond acceptors (Lipinski definition) is 3. The Kier molecular flexibility index (Phi) is 6.71. The molecule has 5 heteroatoms. The van der Waals surface area contributed by atoms with Crippen molar-refractivity contribution in [1.82, 2.24) is 15.1 Å². The number of piperazine rings is 1. The SMILES string of the molecule is COc1cccc(CCN2CCN(C(=O)NCc3cccc(C)c3)CC2)c1. The first-order valence-electron chi connectivity index (χ1n) is 9.57. The van der Waals surface area contributed by atoms with E-state index in [0.29, 0.717) is 6.54 Å². The van der Waals surface area contributed by atoms with Crippen LogP contribution in [-0.4, -0.2) is 55.7 Å². The van der Waals surface area contributed by atoms with E-state index in [-0.39, 0.29) is 6.03 Å². The number of hydrogen-bond donors (Lipinski definition) is 1. The van der Waals surface area contributed by atoms with E-state index in [0.717, 1.165) is 50.5 Å². The smallest absolute Gasteiger partial charge is 0.317 e. The Bertz CT molecular complexity index is 755. The van der Waals surface area contributed by atoms with Crippen molar-refractivity contribution >= 4 is 6.03 Å². The number of rotatable bonds is 6. The standard InChI is InChI=1S/C22H29N3O2/c1-18-5-3-7-20(15-18)17-23-22(26)25-13-11-24(12-14-25)10-9-19-6-4-8-21(16-19)27-2/h3-8,15-16H,9-14,17H2,1-2H3,(H,23,26). The molecule has 1 aliphatic rings. The second-order valence-corrected chi connectivity index (χ2v) is 7.08. The van der Waals surface area contributed by atoms with Crippen molar-refractivity contribution in [1.29, 1.82) is 0 Å². The highest BCUT2D eigenvalue weighted by Gasteiger charge is 2.20. The van der Waals surface area contributed by atoms with Crippen LogP contribution in [0, 0.1) is 6.92 Å². The van der Waals surface area contributed by atoms with Crippen molar-refractivity contribution in [2.24, 2.45) is 0 Å². The third kappa shape index (κ3) is 5.73. The van der Waals surface area contributed by atoms with Crippen LogP contribution in [0.4, 0.5) is 4.79 Å². The molecule has 1 saturated heterocycles. The molecular weight excluding hydrogens is 338 g/mol. The van der Waals surface area contributed by atoms with Gasteiger partial charge >= 0.3 is 6.03 Å². The molecule has 1 aliphatic heterocycles. The molecule has 0 unspecified atom stereocenters. The lowest BCUT2D eigenvalue weighted by molar-refractivity contribution is 0.140. The first-order valence-corrected chi connectivity index (χ1v) is 9.57. The molecule has 0 saturated carbocycles. The predicted molar refractivity (Wildman–Crippen MR) is 108 cm³/mol. The minimum atomic E-state index is 0.0314. The highest BCUT2D eigenvalue weighted by molar-refractivity contribution is 5.74. The number of carbonyl (C=O) groups excluding carboxylic acids is 1.